The van der Waals surface area contributed by atoms with Crippen molar-refractivity contribution in [3.63, 3.8) is 0 Å². The fourth-order valence-corrected chi connectivity index (χ4v) is 3.21. The van der Waals surface area contributed by atoms with Crippen LogP contribution in [0.5, 0.6) is 0 Å². The number of halogens is 2. The van der Waals surface area contributed by atoms with E-state index in [1.165, 1.54) is 12.1 Å². The summed E-state index contributed by atoms with van der Waals surface area (Å²) in [5.74, 6) is -0.447. The largest absolute Gasteiger partial charge is 0.378 e. The Hall–Kier alpha value is -2.70. The maximum atomic E-state index is 13.3. The van der Waals surface area contributed by atoms with Crippen LogP contribution < -0.4 is 0 Å². The molecule has 1 amide bonds. The Morgan fingerprint density at radius 1 is 1.07 bits per heavy atom. The number of nitrogens with zero attached hydrogens (tertiary/aromatic N) is 3. The van der Waals surface area contributed by atoms with Crippen LogP contribution in [-0.4, -0.2) is 46.9 Å². The van der Waals surface area contributed by atoms with Crippen molar-refractivity contribution >= 4 is 17.5 Å². The Bertz CT molecular complexity index is 966. The number of carbonyl (C=O) groups is 1. The predicted molar refractivity (Wildman–Crippen MR) is 101 cm³/mol. The zero-order valence-corrected chi connectivity index (χ0v) is 15.2. The molecule has 1 aromatic heterocycles. The molecule has 0 aliphatic carbocycles. The van der Waals surface area contributed by atoms with E-state index in [1.54, 1.807) is 46.0 Å². The molecule has 1 aliphatic heterocycles. The summed E-state index contributed by atoms with van der Waals surface area (Å²) < 4.78 is 20.2. The van der Waals surface area contributed by atoms with Crippen molar-refractivity contribution in [2.75, 3.05) is 26.3 Å². The van der Waals surface area contributed by atoms with E-state index in [4.69, 9.17) is 16.3 Å². The minimum atomic E-state index is -0.322. The Morgan fingerprint density at radius 3 is 2.52 bits per heavy atom. The number of hydrogen-bond acceptors (Lipinski definition) is 3. The zero-order valence-electron chi connectivity index (χ0n) is 14.4. The molecular formula is C20H17ClFN3O2. The number of benzene rings is 2. The second-order valence-electron chi connectivity index (χ2n) is 6.22. The molecule has 0 radical (unpaired) electrons. The normalized spacial score (nSPS) is 14.4. The van der Waals surface area contributed by atoms with Crippen LogP contribution in [0.1, 0.15) is 10.5 Å². The monoisotopic (exact) mass is 385 g/mol. The van der Waals surface area contributed by atoms with E-state index >= 15 is 0 Å². The smallest absolute Gasteiger partial charge is 0.272 e. The van der Waals surface area contributed by atoms with Crippen LogP contribution >= 0.6 is 11.6 Å². The summed E-state index contributed by atoms with van der Waals surface area (Å²) in [6, 6.07) is 14.9. The highest BCUT2D eigenvalue weighted by atomic mass is 35.5. The molecule has 4 rings (SSSR count). The maximum absolute atomic E-state index is 13.3. The van der Waals surface area contributed by atoms with Crippen LogP contribution in [0.4, 0.5) is 4.39 Å². The number of hydrogen-bond donors (Lipinski definition) is 0. The second-order valence-corrected chi connectivity index (χ2v) is 6.65. The topological polar surface area (TPSA) is 47.4 Å². The lowest BCUT2D eigenvalue weighted by Crippen LogP contribution is -2.41. The first-order valence-corrected chi connectivity index (χ1v) is 8.98. The van der Waals surface area contributed by atoms with Gasteiger partial charge in [-0.25, -0.2) is 9.07 Å². The van der Waals surface area contributed by atoms with Gasteiger partial charge in [-0.3, -0.25) is 4.79 Å². The van der Waals surface area contributed by atoms with Crippen molar-refractivity contribution in [2.45, 2.75) is 0 Å². The van der Waals surface area contributed by atoms with Crippen molar-refractivity contribution in [1.29, 1.82) is 0 Å². The number of morpholine rings is 1. The highest BCUT2D eigenvalue weighted by Gasteiger charge is 2.24. The van der Waals surface area contributed by atoms with Gasteiger partial charge in [-0.15, -0.1) is 0 Å². The summed E-state index contributed by atoms with van der Waals surface area (Å²) in [6.45, 7) is 2.10. The molecule has 2 heterocycles. The molecule has 5 nitrogen and oxygen atoms in total. The fraction of sp³-hybridized carbons (Fsp3) is 0.200. The van der Waals surface area contributed by atoms with Crippen LogP contribution in [0.3, 0.4) is 0 Å². The maximum Gasteiger partial charge on any atom is 0.272 e. The molecule has 0 N–H and O–H groups in total. The first kappa shape index (κ1) is 17.7. The highest BCUT2D eigenvalue weighted by molar-refractivity contribution is 6.30. The summed E-state index contributed by atoms with van der Waals surface area (Å²) in [4.78, 5) is 14.8. The Kier molecular flexibility index (Phi) is 4.92. The molecule has 1 fully saturated rings. The van der Waals surface area contributed by atoms with Crippen LogP contribution in [-0.2, 0) is 4.74 Å². The van der Waals surface area contributed by atoms with E-state index < -0.39 is 0 Å². The minimum absolute atomic E-state index is 0.126. The van der Waals surface area contributed by atoms with Crippen LogP contribution in [0, 0.1) is 5.82 Å². The lowest BCUT2D eigenvalue weighted by Gasteiger charge is -2.26. The molecule has 0 saturated carbocycles. The third-order valence-electron chi connectivity index (χ3n) is 4.42. The molecule has 0 bridgehead atoms. The number of rotatable bonds is 3. The lowest BCUT2D eigenvalue weighted by atomic mass is 10.1. The second kappa shape index (κ2) is 7.50. The number of aromatic nitrogens is 2. The van der Waals surface area contributed by atoms with Gasteiger partial charge in [-0.1, -0.05) is 17.7 Å². The number of amides is 1. The van der Waals surface area contributed by atoms with Crippen LogP contribution in [0.15, 0.2) is 54.6 Å². The van der Waals surface area contributed by atoms with E-state index in [-0.39, 0.29) is 11.7 Å². The fourth-order valence-electron chi connectivity index (χ4n) is 3.03. The van der Waals surface area contributed by atoms with Gasteiger partial charge in [-0.05, 0) is 48.5 Å². The van der Waals surface area contributed by atoms with Gasteiger partial charge in [0.2, 0.25) is 0 Å². The van der Waals surface area contributed by atoms with Gasteiger partial charge in [0, 0.05) is 23.7 Å². The molecule has 0 spiro atoms. The van der Waals surface area contributed by atoms with Gasteiger partial charge in [0.25, 0.3) is 5.91 Å². The van der Waals surface area contributed by atoms with Gasteiger partial charge in [0.05, 0.1) is 24.6 Å². The Labute approximate surface area is 160 Å². The van der Waals surface area contributed by atoms with Crippen molar-refractivity contribution in [3.8, 4) is 16.9 Å². The van der Waals surface area contributed by atoms with Gasteiger partial charge in [0.1, 0.15) is 11.5 Å². The van der Waals surface area contributed by atoms with Gasteiger partial charge >= 0.3 is 0 Å². The third-order valence-corrected chi connectivity index (χ3v) is 4.65. The van der Waals surface area contributed by atoms with Crippen molar-refractivity contribution in [2.24, 2.45) is 0 Å². The minimum Gasteiger partial charge on any atom is -0.378 e. The molecule has 0 unspecified atom stereocenters. The molecule has 7 heteroatoms. The van der Waals surface area contributed by atoms with E-state index in [9.17, 15) is 9.18 Å². The average molecular weight is 386 g/mol. The molecule has 1 aliphatic rings. The molecular weight excluding hydrogens is 369 g/mol. The molecule has 0 atom stereocenters. The molecule has 27 heavy (non-hydrogen) atoms. The summed E-state index contributed by atoms with van der Waals surface area (Å²) in [6.07, 6.45) is 0. The van der Waals surface area contributed by atoms with Crippen LogP contribution in [0.25, 0.3) is 16.9 Å². The standard InChI is InChI=1S/C20H17ClFN3O2/c21-15-2-1-3-17(12-15)25-19(20(26)24-8-10-27-11-9-24)13-18(23-25)14-4-6-16(22)7-5-14/h1-7,12-13H,8-11H2. The molecule has 3 aromatic rings. The number of ether oxygens (including phenoxy) is 1. The summed E-state index contributed by atoms with van der Waals surface area (Å²) in [5.41, 5.74) is 2.44. The van der Waals surface area contributed by atoms with E-state index in [1.807, 2.05) is 6.07 Å². The van der Waals surface area contributed by atoms with E-state index in [2.05, 4.69) is 5.10 Å². The number of carbonyl (C=O) groups excluding carboxylic acids is 1. The SMILES string of the molecule is O=C(c1cc(-c2ccc(F)cc2)nn1-c1cccc(Cl)c1)N1CCOCC1. The van der Waals surface area contributed by atoms with Gasteiger partial charge in [0.15, 0.2) is 0 Å². The molecule has 138 valence electrons. The molecule has 1 saturated heterocycles. The van der Waals surface area contributed by atoms with Crippen LogP contribution in [0.2, 0.25) is 5.02 Å². The van der Waals surface area contributed by atoms with Crippen molar-refractivity contribution < 1.29 is 13.9 Å². The first-order chi connectivity index (χ1) is 13.1. The third kappa shape index (κ3) is 3.72. The summed E-state index contributed by atoms with van der Waals surface area (Å²) >= 11 is 6.12. The highest BCUT2D eigenvalue weighted by Crippen LogP contribution is 2.24. The summed E-state index contributed by atoms with van der Waals surface area (Å²) in [7, 11) is 0. The lowest BCUT2D eigenvalue weighted by molar-refractivity contribution is 0.0297. The Morgan fingerprint density at radius 2 is 1.81 bits per heavy atom. The van der Waals surface area contributed by atoms with Gasteiger partial charge < -0.3 is 9.64 Å². The van der Waals surface area contributed by atoms with Gasteiger partial charge in [-0.2, -0.15) is 5.10 Å². The van der Waals surface area contributed by atoms with E-state index in [0.717, 1.165) is 5.56 Å². The quantitative estimate of drug-likeness (QED) is 0.689. The van der Waals surface area contributed by atoms with Crippen molar-refractivity contribution in [1.82, 2.24) is 14.7 Å². The average Bonchev–Trinajstić information content (AvgIpc) is 3.14. The van der Waals surface area contributed by atoms with Crippen molar-refractivity contribution in [3.05, 3.63) is 71.1 Å². The first-order valence-electron chi connectivity index (χ1n) is 8.61. The summed E-state index contributed by atoms with van der Waals surface area (Å²) in [5, 5.41) is 5.15. The molecule has 2 aromatic carbocycles. The predicted octanol–water partition coefficient (Wildman–Crippen LogP) is 3.80. The Balaban J connectivity index is 1.79. The van der Waals surface area contributed by atoms with E-state index in [0.29, 0.717) is 48.4 Å². The zero-order chi connectivity index (χ0) is 18.8.